The number of hydrogen-bond donors (Lipinski definition) is 2. The number of likely N-dealkylation sites (tertiary alicyclic amines) is 1. The van der Waals surface area contributed by atoms with Gasteiger partial charge in [-0.15, -0.1) is 0 Å². The quantitative estimate of drug-likeness (QED) is 0.675. The fourth-order valence-electron chi connectivity index (χ4n) is 3.83. The van der Waals surface area contributed by atoms with E-state index < -0.39 is 0 Å². The number of hydrogen-bond acceptors (Lipinski definition) is 5. The molecule has 0 bridgehead atoms. The lowest BCUT2D eigenvalue weighted by Gasteiger charge is -2.29. The van der Waals surface area contributed by atoms with E-state index in [-0.39, 0.29) is 23.3 Å². The molecule has 4 rings (SSSR count). The zero-order chi connectivity index (χ0) is 21.1. The molecule has 1 aromatic heterocycles. The van der Waals surface area contributed by atoms with Crippen molar-refractivity contribution in [1.82, 2.24) is 20.0 Å². The van der Waals surface area contributed by atoms with E-state index in [9.17, 15) is 14.7 Å². The molecule has 0 saturated carbocycles. The number of carbonyl (C=O) groups excluding carboxylic acids is 1. The lowest BCUT2D eigenvalue weighted by Crippen LogP contribution is -2.35. The maximum atomic E-state index is 12.7. The highest BCUT2D eigenvalue weighted by Gasteiger charge is 2.17. The number of aliphatic hydroxyl groups excluding tert-OH is 1. The Morgan fingerprint density at radius 3 is 2.40 bits per heavy atom. The average Bonchev–Trinajstić information content (AvgIpc) is 2.77. The maximum absolute atomic E-state index is 12.7. The molecule has 7 heteroatoms. The second-order valence-corrected chi connectivity index (χ2v) is 7.83. The molecule has 2 N–H and O–H groups in total. The second-order valence-electron chi connectivity index (χ2n) is 7.83. The van der Waals surface area contributed by atoms with Gasteiger partial charge >= 0.3 is 0 Å². The summed E-state index contributed by atoms with van der Waals surface area (Å²) in [5, 5.41) is 17.7. The van der Waals surface area contributed by atoms with Gasteiger partial charge in [0.25, 0.3) is 11.5 Å². The molecule has 7 nitrogen and oxygen atoms in total. The fraction of sp³-hybridized carbons (Fsp3) is 0.348. The molecule has 1 saturated heterocycles. The van der Waals surface area contributed by atoms with Crippen molar-refractivity contribution in [2.24, 2.45) is 7.05 Å². The summed E-state index contributed by atoms with van der Waals surface area (Å²) in [4.78, 5) is 27.3. The first-order chi connectivity index (χ1) is 14.5. The van der Waals surface area contributed by atoms with Gasteiger partial charge in [0.05, 0.1) is 11.5 Å². The molecule has 0 atom stereocenters. The number of nitrogens with zero attached hydrogens (tertiary/aromatic N) is 3. The smallest absolute Gasteiger partial charge is 0.274 e. The second kappa shape index (κ2) is 8.77. The Labute approximate surface area is 174 Å². The normalized spacial score (nSPS) is 15.4. The van der Waals surface area contributed by atoms with Crippen LogP contribution in [0, 0.1) is 0 Å². The largest absolute Gasteiger partial charge is 0.393 e. The Balaban J connectivity index is 1.40. The van der Waals surface area contributed by atoms with Crippen LogP contribution in [0.15, 0.2) is 53.3 Å². The van der Waals surface area contributed by atoms with E-state index in [1.807, 2.05) is 12.1 Å². The number of aliphatic hydroxyl groups is 1. The average molecular weight is 406 g/mol. The Bertz CT molecular complexity index is 1100. The first-order valence-corrected chi connectivity index (χ1v) is 10.2. The molecule has 1 aliphatic heterocycles. The molecule has 0 radical (unpaired) electrons. The molecule has 156 valence electrons. The summed E-state index contributed by atoms with van der Waals surface area (Å²) in [5.74, 6) is -0.308. The number of rotatable bonds is 5. The number of benzene rings is 2. The van der Waals surface area contributed by atoms with Crippen LogP contribution < -0.4 is 10.9 Å². The first kappa shape index (κ1) is 20.3. The summed E-state index contributed by atoms with van der Waals surface area (Å²) in [6.07, 6.45) is 1.50. The van der Waals surface area contributed by atoms with Gasteiger partial charge in [0, 0.05) is 38.6 Å². The minimum absolute atomic E-state index is 0.161. The third kappa shape index (κ3) is 4.42. The van der Waals surface area contributed by atoms with Crippen molar-refractivity contribution in [3.63, 3.8) is 0 Å². The van der Waals surface area contributed by atoms with Gasteiger partial charge in [-0.25, -0.2) is 4.68 Å². The topological polar surface area (TPSA) is 87.5 Å². The maximum Gasteiger partial charge on any atom is 0.274 e. The number of amides is 1. The zero-order valence-corrected chi connectivity index (χ0v) is 17.0. The highest BCUT2D eigenvalue weighted by Crippen LogP contribution is 2.15. The number of fused-ring (bicyclic) bond motifs is 1. The van der Waals surface area contributed by atoms with Gasteiger partial charge in [0.15, 0.2) is 5.69 Å². The van der Waals surface area contributed by atoms with Gasteiger partial charge in [-0.2, -0.15) is 5.10 Å². The van der Waals surface area contributed by atoms with E-state index in [1.54, 1.807) is 31.3 Å². The van der Waals surface area contributed by atoms with Gasteiger partial charge in [-0.1, -0.05) is 42.5 Å². The van der Waals surface area contributed by atoms with Crippen molar-refractivity contribution in [3.8, 4) is 0 Å². The number of piperidine rings is 1. The molecule has 0 unspecified atom stereocenters. The van der Waals surface area contributed by atoms with Crippen LogP contribution in [0.5, 0.6) is 0 Å². The Kier molecular flexibility index (Phi) is 5.92. The Morgan fingerprint density at radius 1 is 1.07 bits per heavy atom. The lowest BCUT2D eigenvalue weighted by atomic mass is 10.1. The number of carbonyl (C=O) groups is 1. The third-order valence-corrected chi connectivity index (χ3v) is 5.61. The molecule has 2 heterocycles. The van der Waals surface area contributed by atoms with Crippen molar-refractivity contribution in [3.05, 3.63) is 75.7 Å². The van der Waals surface area contributed by atoms with Crippen LogP contribution in [0.2, 0.25) is 0 Å². The summed E-state index contributed by atoms with van der Waals surface area (Å²) >= 11 is 0. The van der Waals surface area contributed by atoms with Crippen molar-refractivity contribution >= 4 is 16.7 Å². The summed E-state index contributed by atoms with van der Waals surface area (Å²) < 4.78 is 1.20. The Hall–Kier alpha value is -3.03. The number of aromatic nitrogens is 2. The molecule has 1 fully saturated rings. The molecule has 1 aliphatic rings. The summed E-state index contributed by atoms with van der Waals surface area (Å²) in [5.41, 5.74) is 2.24. The van der Waals surface area contributed by atoms with Crippen LogP contribution in [-0.2, 0) is 20.1 Å². The minimum Gasteiger partial charge on any atom is -0.393 e. The molecule has 1 amide bonds. The minimum atomic E-state index is -0.308. The molecule has 2 aromatic carbocycles. The van der Waals surface area contributed by atoms with E-state index in [1.165, 1.54) is 10.2 Å². The van der Waals surface area contributed by atoms with Gasteiger partial charge in [0.1, 0.15) is 0 Å². The van der Waals surface area contributed by atoms with E-state index in [4.69, 9.17) is 0 Å². The van der Waals surface area contributed by atoms with Crippen LogP contribution in [0.25, 0.3) is 10.8 Å². The van der Waals surface area contributed by atoms with Gasteiger partial charge in [-0.3, -0.25) is 14.5 Å². The molecular weight excluding hydrogens is 380 g/mol. The summed E-state index contributed by atoms with van der Waals surface area (Å²) in [6, 6.07) is 15.2. The highest BCUT2D eigenvalue weighted by molar-refractivity contribution is 6.04. The number of aryl methyl sites for hydroxylation is 1. The Morgan fingerprint density at radius 2 is 1.70 bits per heavy atom. The van der Waals surface area contributed by atoms with Crippen LogP contribution in [-0.4, -0.2) is 44.9 Å². The molecular formula is C23H26N4O3. The van der Waals surface area contributed by atoms with Crippen LogP contribution in [0.3, 0.4) is 0 Å². The van der Waals surface area contributed by atoms with Gasteiger partial charge in [0.2, 0.25) is 0 Å². The first-order valence-electron chi connectivity index (χ1n) is 10.2. The van der Waals surface area contributed by atoms with Gasteiger partial charge < -0.3 is 10.4 Å². The molecule has 30 heavy (non-hydrogen) atoms. The highest BCUT2D eigenvalue weighted by atomic mass is 16.3. The summed E-state index contributed by atoms with van der Waals surface area (Å²) in [6.45, 7) is 3.08. The van der Waals surface area contributed by atoms with E-state index in [2.05, 4.69) is 27.4 Å². The lowest BCUT2D eigenvalue weighted by molar-refractivity contribution is 0.0792. The van der Waals surface area contributed by atoms with Crippen LogP contribution in [0.1, 0.15) is 34.5 Å². The monoisotopic (exact) mass is 406 g/mol. The van der Waals surface area contributed by atoms with Crippen molar-refractivity contribution in [2.75, 3.05) is 13.1 Å². The molecule has 0 spiro atoms. The predicted octanol–water partition coefficient (Wildman–Crippen LogP) is 1.82. The van der Waals surface area contributed by atoms with Crippen molar-refractivity contribution in [1.29, 1.82) is 0 Å². The van der Waals surface area contributed by atoms with Gasteiger partial charge in [-0.05, 0) is 30.0 Å². The van der Waals surface area contributed by atoms with E-state index in [0.717, 1.165) is 38.0 Å². The fourth-order valence-corrected chi connectivity index (χ4v) is 3.83. The van der Waals surface area contributed by atoms with Crippen LogP contribution in [0.4, 0.5) is 0 Å². The standard InChI is InChI=1S/C23H26N4O3/c1-26-23(30)20-5-3-2-4-19(20)21(25-26)22(29)24-14-16-6-8-17(9-7-16)15-27-12-10-18(28)11-13-27/h2-9,18,28H,10-15H2,1H3,(H,24,29). The predicted molar refractivity (Wildman–Crippen MR) is 115 cm³/mol. The number of nitrogens with one attached hydrogen (secondary N) is 1. The molecule has 3 aromatic rings. The third-order valence-electron chi connectivity index (χ3n) is 5.61. The SMILES string of the molecule is Cn1nc(C(=O)NCc2ccc(CN3CCC(O)CC3)cc2)c2ccccc2c1=O. The van der Waals surface area contributed by atoms with Crippen molar-refractivity contribution < 1.29 is 9.90 Å². The zero-order valence-electron chi connectivity index (χ0n) is 17.0. The summed E-state index contributed by atoms with van der Waals surface area (Å²) in [7, 11) is 1.55. The van der Waals surface area contributed by atoms with Crippen molar-refractivity contribution in [2.45, 2.75) is 32.0 Å². The van der Waals surface area contributed by atoms with E-state index in [0.29, 0.717) is 17.3 Å². The van der Waals surface area contributed by atoms with Crippen LogP contribution >= 0.6 is 0 Å². The van der Waals surface area contributed by atoms with E-state index >= 15 is 0 Å². The molecule has 0 aliphatic carbocycles.